The summed E-state index contributed by atoms with van der Waals surface area (Å²) in [6.07, 6.45) is 0. The van der Waals surface area contributed by atoms with E-state index in [4.69, 9.17) is 24.0 Å². The van der Waals surface area contributed by atoms with Crippen molar-refractivity contribution in [2.24, 2.45) is 0 Å². The fourth-order valence-electron chi connectivity index (χ4n) is 1.43. The van der Waals surface area contributed by atoms with Gasteiger partial charge in [-0.1, -0.05) is 46.3 Å². The first-order valence-corrected chi connectivity index (χ1v) is 8.13. The highest BCUT2D eigenvalue weighted by molar-refractivity contribution is 9.09. The summed E-state index contributed by atoms with van der Waals surface area (Å²) >= 11 is 3.28. The molecule has 1 aromatic rings. The van der Waals surface area contributed by atoms with E-state index in [1.807, 2.05) is 30.3 Å². The molecule has 1 rings (SSSR count). The minimum Gasteiger partial charge on any atom is -0.378 e. The molecule has 0 amide bonds. The first kappa shape index (κ1) is 18.5. The van der Waals surface area contributed by atoms with Gasteiger partial charge in [0.05, 0.1) is 39.6 Å². The first-order valence-electron chi connectivity index (χ1n) is 7.01. The van der Waals surface area contributed by atoms with Gasteiger partial charge in [0.15, 0.2) is 0 Å². The van der Waals surface area contributed by atoms with Crippen molar-refractivity contribution >= 4 is 15.9 Å². The van der Waals surface area contributed by atoms with Gasteiger partial charge in [-0.25, -0.2) is 9.78 Å². The van der Waals surface area contributed by atoms with Crippen LogP contribution in [-0.2, 0) is 30.6 Å². The molecule has 0 aliphatic heterocycles. The summed E-state index contributed by atoms with van der Waals surface area (Å²) in [7, 11) is 0. The Morgan fingerprint density at radius 2 is 1.24 bits per heavy atom. The second kappa shape index (κ2) is 14.4. The lowest BCUT2D eigenvalue weighted by atomic mass is 10.2. The van der Waals surface area contributed by atoms with E-state index in [1.165, 1.54) is 0 Å². The highest BCUT2D eigenvalue weighted by atomic mass is 79.9. The van der Waals surface area contributed by atoms with E-state index in [-0.39, 0.29) is 0 Å². The van der Waals surface area contributed by atoms with Crippen LogP contribution in [0, 0.1) is 0 Å². The van der Waals surface area contributed by atoms with E-state index >= 15 is 0 Å². The number of alkyl halides is 1. The smallest absolute Gasteiger partial charge is 0.107 e. The third-order valence-corrected chi connectivity index (χ3v) is 2.75. The molecule has 0 unspecified atom stereocenters. The Hall–Kier alpha value is -0.500. The molecule has 120 valence electrons. The average Bonchev–Trinajstić information content (AvgIpc) is 2.53. The predicted molar refractivity (Wildman–Crippen MR) is 83.4 cm³/mol. The second-order valence-electron chi connectivity index (χ2n) is 4.10. The van der Waals surface area contributed by atoms with Crippen molar-refractivity contribution < 1.29 is 24.0 Å². The largest absolute Gasteiger partial charge is 0.378 e. The van der Waals surface area contributed by atoms with Crippen LogP contribution in [0.3, 0.4) is 0 Å². The van der Waals surface area contributed by atoms with Gasteiger partial charge in [-0.15, -0.1) is 0 Å². The van der Waals surface area contributed by atoms with Crippen LogP contribution in [0.25, 0.3) is 0 Å². The minimum atomic E-state index is 0.404. The van der Waals surface area contributed by atoms with Gasteiger partial charge in [0.2, 0.25) is 0 Å². The summed E-state index contributed by atoms with van der Waals surface area (Å²) in [5.74, 6) is 0. The number of benzene rings is 1. The molecule has 0 heterocycles. The zero-order chi connectivity index (χ0) is 15.0. The van der Waals surface area contributed by atoms with Crippen molar-refractivity contribution in [3.8, 4) is 0 Å². The maximum atomic E-state index is 5.34. The summed E-state index contributed by atoms with van der Waals surface area (Å²) < 4.78 is 15.9. The van der Waals surface area contributed by atoms with E-state index in [0.717, 1.165) is 10.9 Å². The molecule has 0 bridgehead atoms. The first-order chi connectivity index (χ1) is 10.4. The van der Waals surface area contributed by atoms with Crippen molar-refractivity contribution in [1.82, 2.24) is 0 Å². The average molecular weight is 363 g/mol. The van der Waals surface area contributed by atoms with Gasteiger partial charge in [0, 0.05) is 5.33 Å². The van der Waals surface area contributed by atoms with Crippen LogP contribution in [0.4, 0.5) is 0 Å². The van der Waals surface area contributed by atoms with Crippen LogP contribution in [0.15, 0.2) is 30.3 Å². The van der Waals surface area contributed by atoms with Gasteiger partial charge in [-0.3, -0.25) is 0 Å². The molecule has 0 aliphatic rings. The summed E-state index contributed by atoms with van der Waals surface area (Å²) in [6.45, 7) is 4.34. The molecule has 21 heavy (non-hydrogen) atoms. The van der Waals surface area contributed by atoms with Gasteiger partial charge >= 0.3 is 0 Å². The number of halogens is 1. The van der Waals surface area contributed by atoms with Crippen LogP contribution in [0.5, 0.6) is 0 Å². The van der Waals surface area contributed by atoms with Crippen LogP contribution >= 0.6 is 15.9 Å². The predicted octanol–water partition coefficient (Wildman–Crippen LogP) is 2.58. The van der Waals surface area contributed by atoms with E-state index in [1.54, 1.807) is 0 Å². The second-order valence-corrected chi connectivity index (χ2v) is 4.89. The molecule has 0 radical (unpaired) electrons. The lowest BCUT2D eigenvalue weighted by Crippen LogP contribution is -2.12. The summed E-state index contributed by atoms with van der Waals surface area (Å²) in [6, 6.07) is 9.87. The van der Waals surface area contributed by atoms with E-state index < -0.39 is 0 Å². The Bertz CT molecular complexity index is 323. The fraction of sp³-hybridized carbons (Fsp3) is 0.600. The highest BCUT2D eigenvalue weighted by Crippen LogP contribution is 2.00. The summed E-state index contributed by atoms with van der Waals surface area (Å²) in [5.41, 5.74) is 1.08. The number of hydrogen-bond donors (Lipinski definition) is 0. The molecular weight excluding hydrogens is 340 g/mol. The maximum Gasteiger partial charge on any atom is 0.107 e. The Morgan fingerprint density at radius 3 is 1.86 bits per heavy atom. The topological polar surface area (TPSA) is 46.2 Å². The Kier molecular flexibility index (Phi) is 12.8. The van der Waals surface area contributed by atoms with Gasteiger partial charge in [-0.2, -0.15) is 0 Å². The van der Waals surface area contributed by atoms with Crippen molar-refractivity contribution in [2.45, 2.75) is 6.61 Å². The number of rotatable bonds is 14. The lowest BCUT2D eigenvalue weighted by molar-refractivity contribution is -0.308. The van der Waals surface area contributed by atoms with Crippen LogP contribution in [0.1, 0.15) is 5.56 Å². The quantitative estimate of drug-likeness (QED) is 0.220. The van der Waals surface area contributed by atoms with E-state index in [0.29, 0.717) is 52.9 Å². The third kappa shape index (κ3) is 11.8. The van der Waals surface area contributed by atoms with Crippen molar-refractivity contribution in [2.75, 3.05) is 51.6 Å². The molecule has 0 N–H and O–H groups in total. The van der Waals surface area contributed by atoms with Gasteiger partial charge in [-0.05, 0) is 5.56 Å². The zero-order valence-electron chi connectivity index (χ0n) is 12.2. The van der Waals surface area contributed by atoms with Crippen LogP contribution in [0.2, 0.25) is 0 Å². The Labute approximate surface area is 134 Å². The SMILES string of the molecule is BrCCOCCOCCOCCOOCc1ccccc1. The molecule has 1 aromatic carbocycles. The molecule has 0 saturated heterocycles. The fourth-order valence-corrected chi connectivity index (χ4v) is 1.66. The van der Waals surface area contributed by atoms with Crippen molar-refractivity contribution in [3.05, 3.63) is 35.9 Å². The minimum absolute atomic E-state index is 0.404. The van der Waals surface area contributed by atoms with Crippen molar-refractivity contribution in [3.63, 3.8) is 0 Å². The van der Waals surface area contributed by atoms with Gasteiger partial charge < -0.3 is 14.2 Å². The molecule has 0 atom stereocenters. The normalized spacial score (nSPS) is 10.9. The molecule has 0 aromatic heterocycles. The van der Waals surface area contributed by atoms with Gasteiger partial charge in [0.1, 0.15) is 13.2 Å². The molecule has 5 nitrogen and oxygen atoms in total. The van der Waals surface area contributed by atoms with Crippen LogP contribution in [-0.4, -0.2) is 51.6 Å². The number of ether oxygens (including phenoxy) is 3. The van der Waals surface area contributed by atoms with E-state index in [9.17, 15) is 0 Å². The zero-order valence-corrected chi connectivity index (χ0v) is 13.8. The molecule has 0 saturated carbocycles. The summed E-state index contributed by atoms with van der Waals surface area (Å²) in [5, 5.41) is 0.850. The highest BCUT2D eigenvalue weighted by Gasteiger charge is 1.94. The number of hydrogen-bond acceptors (Lipinski definition) is 5. The van der Waals surface area contributed by atoms with Crippen molar-refractivity contribution in [1.29, 1.82) is 0 Å². The van der Waals surface area contributed by atoms with E-state index in [2.05, 4.69) is 15.9 Å². The maximum absolute atomic E-state index is 5.34. The molecule has 0 spiro atoms. The third-order valence-electron chi connectivity index (χ3n) is 2.43. The van der Waals surface area contributed by atoms with Crippen LogP contribution < -0.4 is 0 Å². The molecule has 0 aliphatic carbocycles. The van der Waals surface area contributed by atoms with Gasteiger partial charge in [0.25, 0.3) is 0 Å². The standard InChI is InChI=1S/C15H23BrO5/c16-6-7-17-8-9-18-10-11-19-12-13-20-21-14-15-4-2-1-3-5-15/h1-5H,6-14H2. The monoisotopic (exact) mass is 362 g/mol. The Balaban J connectivity index is 1.75. The molecular formula is C15H23BrO5. The lowest BCUT2D eigenvalue weighted by Gasteiger charge is -2.07. The Morgan fingerprint density at radius 1 is 0.667 bits per heavy atom. The molecule has 6 heteroatoms. The molecule has 0 fully saturated rings. The summed E-state index contributed by atoms with van der Waals surface area (Å²) in [4.78, 5) is 10.1.